The number of piperidine rings is 1. The fourth-order valence-electron chi connectivity index (χ4n) is 2.70. The van der Waals surface area contributed by atoms with Gasteiger partial charge in [-0.05, 0) is 31.4 Å². The zero-order chi connectivity index (χ0) is 13.8. The summed E-state index contributed by atoms with van der Waals surface area (Å²) in [6.45, 7) is 4.54. The molecule has 5 nitrogen and oxygen atoms in total. The van der Waals surface area contributed by atoms with Gasteiger partial charge in [-0.2, -0.15) is 0 Å². The van der Waals surface area contributed by atoms with E-state index in [4.69, 9.17) is 5.11 Å². The Hall–Kier alpha value is -1.33. The predicted molar refractivity (Wildman–Crippen MR) is 72.4 cm³/mol. The van der Waals surface area contributed by atoms with E-state index in [0.717, 1.165) is 38.9 Å². The minimum absolute atomic E-state index is 0.252. The van der Waals surface area contributed by atoms with E-state index >= 15 is 0 Å². The molecule has 19 heavy (non-hydrogen) atoms. The normalized spacial score (nSPS) is 19.5. The molecular formula is C14H22N2O3. The molecule has 5 heteroatoms. The predicted octanol–water partition coefficient (Wildman–Crippen LogP) is 1.59. The number of β-amino-alcohol motifs (C(OH)–C–C–N with tert-alkyl or cyclic N) is 1. The van der Waals surface area contributed by atoms with Crippen LogP contribution in [0.4, 0.5) is 0 Å². The zero-order valence-electron chi connectivity index (χ0n) is 11.3. The first-order valence-corrected chi connectivity index (χ1v) is 6.92. The number of carboxylic acid groups (broad SMARTS) is 1. The van der Waals surface area contributed by atoms with Crippen molar-refractivity contribution in [1.29, 1.82) is 0 Å². The molecule has 1 fully saturated rings. The Kier molecular flexibility index (Phi) is 4.61. The van der Waals surface area contributed by atoms with Crippen molar-refractivity contribution in [3.63, 3.8) is 0 Å². The Labute approximate surface area is 113 Å². The zero-order valence-corrected chi connectivity index (χ0v) is 11.3. The third kappa shape index (κ3) is 3.36. The van der Waals surface area contributed by atoms with Crippen LogP contribution >= 0.6 is 0 Å². The molecular weight excluding hydrogens is 244 g/mol. The Bertz CT molecular complexity index is 422. The van der Waals surface area contributed by atoms with Crippen LogP contribution in [0, 0.1) is 0 Å². The van der Waals surface area contributed by atoms with Crippen molar-refractivity contribution in [3.05, 3.63) is 24.0 Å². The number of hydrogen-bond acceptors (Lipinski definition) is 3. The van der Waals surface area contributed by atoms with Crippen LogP contribution < -0.4 is 0 Å². The Morgan fingerprint density at radius 3 is 2.74 bits per heavy atom. The molecule has 0 amide bonds. The molecule has 0 bridgehead atoms. The lowest BCUT2D eigenvalue weighted by molar-refractivity contribution is 0.0671. The number of aromatic nitrogens is 1. The molecule has 1 aromatic rings. The van der Waals surface area contributed by atoms with E-state index in [2.05, 4.69) is 4.90 Å². The third-order valence-corrected chi connectivity index (χ3v) is 3.89. The van der Waals surface area contributed by atoms with Gasteiger partial charge in [0.15, 0.2) is 0 Å². The summed E-state index contributed by atoms with van der Waals surface area (Å²) in [7, 11) is 0. The molecule has 2 N–H and O–H groups in total. The van der Waals surface area contributed by atoms with Crippen molar-refractivity contribution in [2.45, 2.75) is 38.3 Å². The van der Waals surface area contributed by atoms with Gasteiger partial charge in [0.25, 0.3) is 0 Å². The third-order valence-electron chi connectivity index (χ3n) is 3.89. The van der Waals surface area contributed by atoms with Gasteiger partial charge in [-0.1, -0.05) is 6.92 Å². The number of aliphatic hydroxyl groups is 1. The topological polar surface area (TPSA) is 65.7 Å². The van der Waals surface area contributed by atoms with Crippen molar-refractivity contribution in [3.8, 4) is 0 Å². The van der Waals surface area contributed by atoms with E-state index in [0.29, 0.717) is 5.69 Å². The first-order chi connectivity index (χ1) is 9.11. The van der Waals surface area contributed by atoms with Crippen LogP contribution in [-0.2, 0) is 0 Å². The summed E-state index contributed by atoms with van der Waals surface area (Å²) in [5, 5.41) is 18.8. The second kappa shape index (κ2) is 6.21. The average molecular weight is 266 g/mol. The molecule has 1 atom stereocenters. The van der Waals surface area contributed by atoms with Crippen molar-refractivity contribution in [2.24, 2.45) is 0 Å². The molecule has 0 spiro atoms. The number of aromatic carboxylic acids is 1. The fraction of sp³-hybridized carbons (Fsp3) is 0.643. The smallest absolute Gasteiger partial charge is 0.352 e. The van der Waals surface area contributed by atoms with Gasteiger partial charge in [0, 0.05) is 31.9 Å². The van der Waals surface area contributed by atoms with Crippen molar-refractivity contribution < 1.29 is 15.0 Å². The van der Waals surface area contributed by atoms with Crippen LogP contribution in [-0.4, -0.2) is 51.4 Å². The monoisotopic (exact) mass is 266 g/mol. The summed E-state index contributed by atoms with van der Waals surface area (Å²) < 4.78 is 1.87. The number of hydrogen-bond donors (Lipinski definition) is 2. The summed E-state index contributed by atoms with van der Waals surface area (Å²) in [5.41, 5.74) is 0.368. The number of rotatable bonds is 5. The van der Waals surface area contributed by atoms with Crippen LogP contribution in [0.2, 0.25) is 0 Å². The molecule has 1 aliphatic heterocycles. The largest absolute Gasteiger partial charge is 0.477 e. The molecule has 0 aromatic carbocycles. The molecule has 0 aliphatic carbocycles. The van der Waals surface area contributed by atoms with Crippen LogP contribution in [0.15, 0.2) is 18.3 Å². The molecule has 2 rings (SSSR count). The fourth-order valence-corrected chi connectivity index (χ4v) is 2.70. The maximum Gasteiger partial charge on any atom is 0.352 e. The van der Waals surface area contributed by atoms with E-state index < -0.39 is 5.97 Å². The molecule has 0 radical (unpaired) electrons. The highest BCUT2D eigenvalue weighted by Gasteiger charge is 2.23. The van der Waals surface area contributed by atoms with Crippen LogP contribution in [0.1, 0.15) is 42.7 Å². The number of nitrogens with zero attached hydrogens (tertiary/aromatic N) is 2. The quantitative estimate of drug-likeness (QED) is 0.849. The van der Waals surface area contributed by atoms with Gasteiger partial charge < -0.3 is 19.7 Å². The SMILES string of the molecule is CCC(O)CN1CCC(n2cccc2C(=O)O)CC1. The summed E-state index contributed by atoms with van der Waals surface area (Å²) >= 11 is 0. The lowest BCUT2D eigenvalue weighted by Crippen LogP contribution is -2.39. The first-order valence-electron chi connectivity index (χ1n) is 6.92. The van der Waals surface area contributed by atoms with Crippen molar-refractivity contribution in [1.82, 2.24) is 9.47 Å². The van der Waals surface area contributed by atoms with Crippen molar-refractivity contribution in [2.75, 3.05) is 19.6 Å². The molecule has 106 valence electrons. The average Bonchev–Trinajstić information content (AvgIpc) is 2.89. The second-order valence-corrected chi connectivity index (χ2v) is 5.20. The Morgan fingerprint density at radius 2 is 2.16 bits per heavy atom. The number of carboxylic acids is 1. The number of carbonyl (C=O) groups is 1. The highest BCUT2D eigenvalue weighted by molar-refractivity contribution is 5.85. The Morgan fingerprint density at radius 1 is 1.47 bits per heavy atom. The lowest BCUT2D eigenvalue weighted by Gasteiger charge is -2.34. The summed E-state index contributed by atoms with van der Waals surface area (Å²) in [6.07, 6.45) is 4.25. The summed E-state index contributed by atoms with van der Waals surface area (Å²) in [4.78, 5) is 13.4. The molecule has 1 aromatic heterocycles. The van der Waals surface area contributed by atoms with Crippen LogP contribution in [0.25, 0.3) is 0 Å². The molecule has 1 saturated heterocycles. The van der Waals surface area contributed by atoms with Gasteiger partial charge in [0.1, 0.15) is 5.69 Å². The summed E-state index contributed by atoms with van der Waals surface area (Å²) in [5.74, 6) is -0.867. The van der Waals surface area contributed by atoms with Gasteiger partial charge in [0.05, 0.1) is 6.10 Å². The maximum atomic E-state index is 11.1. The van der Waals surface area contributed by atoms with E-state index in [-0.39, 0.29) is 12.1 Å². The van der Waals surface area contributed by atoms with Gasteiger partial charge in [0.2, 0.25) is 0 Å². The van der Waals surface area contributed by atoms with Gasteiger partial charge in [-0.3, -0.25) is 0 Å². The van der Waals surface area contributed by atoms with E-state index in [1.54, 1.807) is 12.1 Å². The number of aliphatic hydroxyl groups excluding tert-OH is 1. The van der Waals surface area contributed by atoms with Gasteiger partial charge >= 0.3 is 5.97 Å². The second-order valence-electron chi connectivity index (χ2n) is 5.20. The van der Waals surface area contributed by atoms with E-state index in [9.17, 15) is 9.90 Å². The highest BCUT2D eigenvalue weighted by Crippen LogP contribution is 2.24. The minimum Gasteiger partial charge on any atom is -0.477 e. The summed E-state index contributed by atoms with van der Waals surface area (Å²) in [6, 6.07) is 3.70. The number of likely N-dealkylation sites (tertiary alicyclic amines) is 1. The Balaban J connectivity index is 1.92. The minimum atomic E-state index is -0.867. The van der Waals surface area contributed by atoms with Gasteiger partial charge in [-0.25, -0.2) is 4.79 Å². The highest BCUT2D eigenvalue weighted by atomic mass is 16.4. The van der Waals surface area contributed by atoms with E-state index in [1.165, 1.54) is 0 Å². The standard InChI is InChI=1S/C14H22N2O3/c1-2-12(17)10-15-8-5-11(6-9-15)16-7-3-4-13(16)14(18)19/h3-4,7,11-12,17H,2,5-6,8-10H2,1H3,(H,18,19). The first kappa shape index (κ1) is 14.1. The molecule has 2 heterocycles. The molecule has 0 saturated carbocycles. The molecule has 1 unspecified atom stereocenters. The van der Waals surface area contributed by atoms with Crippen molar-refractivity contribution >= 4 is 5.97 Å². The van der Waals surface area contributed by atoms with Crippen LogP contribution in [0.5, 0.6) is 0 Å². The van der Waals surface area contributed by atoms with Gasteiger partial charge in [-0.15, -0.1) is 0 Å². The maximum absolute atomic E-state index is 11.1. The molecule has 1 aliphatic rings. The van der Waals surface area contributed by atoms with Crippen LogP contribution in [0.3, 0.4) is 0 Å². The van der Waals surface area contributed by atoms with E-state index in [1.807, 2.05) is 17.7 Å². The lowest BCUT2D eigenvalue weighted by atomic mass is 10.0.